The molecule has 0 fully saturated rings. The average molecular weight is 382 g/mol. The Morgan fingerprint density at radius 1 is 1.18 bits per heavy atom. The van der Waals surface area contributed by atoms with Crippen molar-refractivity contribution in [3.05, 3.63) is 64.4 Å². The Morgan fingerprint density at radius 3 is 2.45 bits per heavy atom. The van der Waals surface area contributed by atoms with Gasteiger partial charge in [0.15, 0.2) is 0 Å². The lowest BCUT2D eigenvalue weighted by molar-refractivity contribution is -0.121. The largest absolute Gasteiger partial charge is 0.350 e. The fourth-order valence-electron chi connectivity index (χ4n) is 1.94. The molecule has 0 bridgehead atoms. The lowest BCUT2D eigenvalue weighted by Crippen LogP contribution is -2.26. The second-order valence-corrected chi connectivity index (χ2v) is 6.98. The van der Waals surface area contributed by atoms with Gasteiger partial charge in [-0.2, -0.15) is 0 Å². The Kier molecular flexibility index (Phi) is 6.46. The summed E-state index contributed by atoms with van der Waals surface area (Å²) in [6, 6.07) is 14.2. The fraction of sp³-hybridized carbons (Fsp3) is 0.235. The molecule has 0 aromatic heterocycles. The summed E-state index contributed by atoms with van der Waals surface area (Å²) in [6.07, 6.45) is 0.433. The molecule has 0 aliphatic rings. The van der Waals surface area contributed by atoms with Crippen molar-refractivity contribution in [1.29, 1.82) is 0 Å². The van der Waals surface area contributed by atoms with Crippen LogP contribution in [-0.4, -0.2) is 11.7 Å². The van der Waals surface area contributed by atoms with E-state index in [9.17, 15) is 9.18 Å². The van der Waals surface area contributed by atoms with Crippen LogP contribution in [0.2, 0.25) is 0 Å². The summed E-state index contributed by atoms with van der Waals surface area (Å²) < 4.78 is 13.8. The second kappa shape index (κ2) is 8.34. The maximum Gasteiger partial charge on any atom is 0.221 e. The van der Waals surface area contributed by atoms with Crippen molar-refractivity contribution < 1.29 is 9.18 Å². The predicted molar refractivity (Wildman–Crippen MR) is 92.4 cm³/mol. The van der Waals surface area contributed by atoms with E-state index in [1.165, 1.54) is 12.1 Å². The van der Waals surface area contributed by atoms with Gasteiger partial charge in [-0.1, -0.05) is 28.1 Å². The molecule has 0 unspecified atom stereocenters. The smallest absolute Gasteiger partial charge is 0.221 e. The first kappa shape index (κ1) is 17.0. The van der Waals surface area contributed by atoms with E-state index in [2.05, 4.69) is 21.2 Å². The van der Waals surface area contributed by atoms with Gasteiger partial charge in [0, 0.05) is 21.5 Å². The number of halogens is 2. The molecule has 0 aliphatic carbocycles. The molecule has 0 saturated heterocycles. The van der Waals surface area contributed by atoms with Crippen LogP contribution in [0, 0.1) is 5.82 Å². The van der Waals surface area contributed by atoms with Gasteiger partial charge >= 0.3 is 0 Å². The molecule has 2 aromatic carbocycles. The zero-order valence-electron chi connectivity index (χ0n) is 12.2. The normalized spacial score (nSPS) is 12.0. The molecular formula is C17H17BrFNOS. The topological polar surface area (TPSA) is 29.1 Å². The molecule has 2 rings (SSSR count). The summed E-state index contributed by atoms with van der Waals surface area (Å²) in [5.74, 6) is 0.445. The van der Waals surface area contributed by atoms with Gasteiger partial charge in [0.25, 0.3) is 0 Å². The van der Waals surface area contributed by atoms with Gasteiger partial charge in [0.05, 0.1) is 6.04 Å². The van der Waals surface area contributed by atoms with Crippen LogP contribution in [0.4, 0.5) is 4.39 Å². The molecule has 0 heterocycles. The lowest BCUT2D eigenvalue weighted by Gasteiger charge is -2.14. The highest BCUT2D eigenvalue weighted by atomic mass is 79.9. The van der Waals surface area contributed by atoms with Crippen LogP contribution in [0.25, 0.3) is 0 Å². The maximum absolute atomic E-state index is 12.8. The van der Waals surface area contributed by atoms with E-state index >= 15 is 0 Å². The Morgan fingerprint density at radius 2 is 1.82 bits per heavy atom. The molecule has 0 saturated carbocycles. The fourth-order valence-corrected chi connectivity index (χ4v) is 3.06. The number of carbonyl (C=O) groups is 1. The molecule has 116 valence electrons. The van der Waals surface area contributed by atoms with Crippen molar-refractivity contribution in [3.63, 3.8) is 0 Å². The number of amides is 1. The van der Waals surface area contributed by atoms with Crippen LogP contribution in [0.3, 0.4) is 0 Å². The first-order valence-electron chi connectivity index (χ1n) is 6.98. The van der Waals surface area contributed by atoms with Crippen molar-refractivity contribution in [1.82, 2.24) is 5.32 Å². The van der Waals surface area contributed by atoms with Gasteiger partial charge < -0.3 is 5.32 Å². The van der Waals surface area contributed by atoms with Gasteiger partial charge in [0.2, 0.25) is 5.91 Å². The first-order valence-corrected chi connectivity index (χ1v) is 8.75. The Balaban J connectivity index is 1.75. The van der Waals surface area contributed by atoms with Crippen LogP contribution in [-0.2, 0) is 4.79 Å². The second-order valence-electron chi connectivity index (χ2n) is 4.89. The average Bonchev–Trinajstić information content (AvgIpc) is 2.50. The summed E-state index contributed by atoms with van der Waals surface area (Å²) in [6.45, 7) is 1.97. The van der Waals surface area contributed by atoms with Crippen LogP contribution < -0.4 is 5.32 Å². The van der Waals surface area contributed by atoms with E-state index in [0.717, 1.165) is 14.9 Å². The molecule has 1 N–H and O–H groups in total. The van der Waals surface area contributed by atoms with E-state index < -0.39 is 0 Å². The van der Waals surface area contributed by atoms with Crippen molar-refractivity contribution in [2.75, 3.05) is 5.75 Å². The molecular weight excluding hydrogens is 365 g/mol. The SMILES string of the molecule is C[C@@H](NC(=O)CCSc1ccc(F)cc1)c1ccc(Br)cc1. The standard InChI is InChI=1S/C17H17BrFNOS/c1-12(13-2-4-14(18)5-3-13)20-17(21)10-11-22-16-8-6-15(19)7-9-16/h2-9,12H,10-11H2,1H3,(H,20,21)/t12-/m1/s1. The zero-order valence-corrected chi connectivity index (χ0v) is 14.6. The molecule has 0 spiro atoms. The van der Waals surface area contributed by atoms with Crippen molar-refractivity contribution in [2.24, 2.45) is 0 Å². The minimum Gasteiger partial charge on any atom is -0.350 e. The third-order valence-corrected chi connectivity index (χ3v) is 4.70. The Hall–Kier alpha value is -1.33. The number of hydrogen-bond acceptors (Lipinski definition) is 2. The number of benzene rings is 2. The van der Waals surface area contributed by atoms with Gasteiger partial charge in [-0.25, -0.2) is 4.39 Å². The predicted octanol–water partition coefficient (Wildman–Crippen LogP) is 4.95. The van der Waals surface area contributed by atoms with Crippen molar-refractivity contribution in [3.8, 4) is 0 Å². The first-order chi connectivity index (χ1) is 10.5. The number of thioether (sulfide) groups is 1. The minimum atomic E-state index is -0.245. The maximum atomic E-state index is 12.8. The van der Waals surface area contributed by atoms with Crippen molar-refractivity contribution in [2.45, 2.75) is 24.3 Å². The summed E-state index contributed by atoms with van der Waals surface area (Å²) in [4.78, 5) is 12.9. The molecule has 2 aromatic rings. The van der Waals surface area contributed by atoms with Crippen LogP contribution in [0.15, 0.2) is 57.9 Å². The summed E-state index contributed by atoms with van der Waals surface area (Å²) in [7, 11) is 0. The quantitative estimate of drug-likeness (QED) is 0.717. The molecule has 22 heavy (non-hydrogen) atoms. The summed E-state index contributed by atoms with van der Waals surface area (Å²) in [5.41, 5.74) is 1.07. The van der Waals surface area contributed by atoms with E-state index in [-0.39, 0.29) is 17.8 Å². The molecule has 1 atom stereocenters. The Labute approximate surface area is 142 Å². The monoisotopic (exact) mass is 381 g/mol. The number of nitrogens with one attached hydrogen (secondary N) is 1. The third-order valence-electron chi connectivity index (χ3n) is 3.16. The van der Waals surface area contributed by atoms with E-state index in [1.807, 2.05) is 31.2 Å². The highest BCUT2D eigenvalue weighted by Crippen LogP contribution is 2.20. The summed E-state index contributed by atoms with van der Waals surface area (Å²) in [5, 5.41) is 2.98. The Bertz CT molecular complexity index is 616. The van der Waals surface area contributed by atoms with Crippen LogP contribution in [0.5, 0.6) is 0 Å². The molecule has 2 nitrogen and oxygen atoms in total. The molecule has 1 amide bonds. The van der Waals surface area contributed by atoms with Gasteiger partial charge in [-0.3, -0.25) is 4.79 Å². The number of hydrogen-bond donors (Lipinski definition) is 1. The molecule has 5 heteroatoms. The highest BCUT2D eigenvalue weighted by molar-refractivity contribution is 9.10. The van der Waals surface area contributed by atoms with Crippen LogP contribution in [0.1, 0.15) is 24.9 Å². The molecule has 0 radical (unpaired) electrons. The number of rotatable bonds is 6. The van der Waals surface area contributed by atoms with E-state index in [4.69, 9.17) is 0 Å². The minimum absolute atomic E-state index is 0.0172. The van der Waals surface area contributed by atoms with Gasteiger partial charge in [0.1, 0.15) is 5.82 Å². The third kappa shape index (κ3) is 5.46. The van der Waals surface area contributed by atoms with E-state index in [1.54, 1.807) is 23.9 Å². The molecule has 0 aliphatic heterocycles. The zero-order chi connectivity index (χ0) is 15.9. The number of carbonyl (C=O) groups excluding carboxylic acids is 1. The van der Waals surface area contributed by atoms with Gasteiger partial charge in [-0.15, -0.1) is 11.8 Å². The highest BCUT2D eigenvalue weighted by Gasteiger charge is 2.09. The lowest BCUT2D eigenvalue weighted by atomic mass is 10.1. The summed E-state index contributed by atoms with van der Waals surface area (Å²) >= 11 is 4.94. The van der Waals surface area contributed by atoms with Crippen molar-refractivity contribution >= 4 is 33.6 Å². The van der Waals surface area contributed by atoms with Gasteiger partial charge in [-0.05, 0) is 48.9 Å². The van der Waals surface area contributed by atoms with E-state index in [0.29, 0.717) is 12.2 Å². The van der Waals surface area contributed by atoms with Crippen LogP contribution >= 0.6 is 27.7 Å².